The summed E-state index contributed by atoms with van der Waals surface area (Å²) in [5.74, 6) is -1.55. The van der Waals surface area contributed by atoms with Crippen LogP contribution in [-0.4, -0.2) is 69.4 Å². The average molecular weight is 536 g/mol. The number of hydrogen-bond acceptors (Lipinski definition) is 8. The van der Waals surface area contributed by atoms with Crippen molar-refractivity contribution in [2.24, 2.45) is 5.92 Å². The Balaban J connectivity index is 1.24. The average Bonchev–Trinajstić information content (AvgIpc) is 3.60. The summed E-state index contributed by atoms with van der Waals surface area (Å²) in [6.45, 7) is 1.16. The Labute approximate surface area is 222 Å². The van der Waals surface area contributed by atoms with Gasteiger partial charge in [-0.2, -0.15) is 4.98 Å². The van der Waals surface area contributed by atoms with E-state index in [-0.39, 0.29) is 43.7 Å². The number of fused-ring (bicyclic) bond motifs is 2. The van der Waals surface area contributed by atoms with Crippen molar-refractivity contribution in [2.75, 3.05) is 18.7 Å². The molecular weight excluding hydrogens is 509 g/mol. The molecule has 2 saturated heterocycles. The number of nitrogens with one attached hydrogen (secondary N) is 1. The van der Waals surface area contributed by atoms with E-state index in [1.165, 1.54) is 11.0 Å². The van der Waals surface area contributed by atoms with Gasteiger partial charge in [0.15, 0.2) is 0 Å². The molecule has 6 rings (SSSR count). The number of rotatable bonds is 6. The van der Waals surface area contributed by atoms with Crippen LogP contribution in [0.5, 0.6) is 0 Å². The summed E-state index contributed by atoms with van der Waals surface area (Å²) in [7, 11) is 0. The molecule has 11 nitrogen and oxygen atoms in total. The largest absolute Gasteiger partial charge is 0.349 e. The minimum absolute atomic E-state index is 0.0858. The third kappa shape index (κ3) is 4.88. The number of carbonyl (C=O) groups excluding carboxylic acids is 3. The van der Waals surface area contributed by atoms with Gasteiger partial charge in [-0.15, -0.1) is 0 Å². The van der Waals surface area contributed by atoms with Crippen LogP contribution < -0.4 is 5.32 Å². The Morgan fingerprint density at radius 2 is 1.87 bits per heavy atom. The van der Waals surface area contributed by atoms with Crippen molar-refractivity contribution in [1.82, 2.24) is 19.9 Å². The lowest BCUT2D eigenvalue weighted by Gasteiger charge is -2.48. The van der Waals surface area contributed by atoms with Gasteiger partial charge in [-0.05, 0) is 37.5 Å². The quantitative estimate of drug-likeness (QED) is 0.510. The van der Waals surface area contributed by atoms with E-state index in [4.69, 9.17) is 14.0 Å². The predicted molar refractivity (Wildman–Crippen MR) is 133 cm³/mol. The third-order valence-corrected chi connectivity index (χ3v) is 7.43. The lowest BCUT2D eigenvalue weighted by Crippen LogP contribution is -2.65. The number of carbonyl (C=O) groups is 3. The molecule has 39 heavy (non-hydrogen) atoms. The van der Waals surface area contributed by atoms with Crippen LogP contribution in [0.25, 0.3) is 11.4 Å². The second-order valence-corrected chi connectivity index (χ2v) is 9.90. The van der Waals surface area contributed by atoms with E-state index in [9.17, 15) is 18.8 Å². The fraction of sp³-hybridized carbons (Fsp3) is 0.370. The molecule has 3 aliphatic rings. The van der Waals surface area contributed by atoms with Crippen molar-refractivity contribution in [3.05, 3.63) is 65.8 Å². The first-order chi connectivity index (χ1) is 18.9. The number of anilines is 1. The maximum absolute atomic E-state index is 14.0. The molecule has 12 heteroatoms. The lowest BCUT2D eigenvalue weighted by atomic mass is 9.78. The summed E-state index contributed by atoms with van der Waals surface area (Å²) in [5, 5.41) is 6.62. The van der Waals surface area contributed by atoms with Gasteiger partial charge in [0.05, 0.1) is 18.1 Å². The Morgan fingerprint density at radius 3 is 2.64 bits per heavy atom. The van der Waals surface area contributed by atoms with E-state index in [0.717, 1.165) is 10.5 Å². The van der Waals surface area contributed by atoms with Gasteiger partial charge >= 0.3 is 6.03 Å². The normalized spacial score (nSPS) is 24.5. The molecule has 0 spiro atoms. The fourth-order valence-corrected chi connectivity index (χ4v) is 5.39. The van der Waals surface area contributed by atoms with Crippen LogP contribution in [0.15, 0.2) is 53.1 Å². The molecule has 1 N–H and O–H groups in total. The zero-order valence-corrected chi connectivity index (χ0v) is 21.1. The predicted octanol–water partition coefficient (Wildman–Crippen LogP) is 3.11. The van der Waals surface area contributed by atoms with Crippen molar-refractivity contribution in [3.63, 3.8) is 0 Å². The molecule has 0 bridgehead atoms. The summed E-state index contributed by atoms with van der Waals surface area (Å²) in [4.78, 5) is 47.0. The molecular formula is C27H26FN5O6. The number of benzene rings is 2. The highest BCUT2D eigenvalue weighted by Crippen LogP contribution is 2.39. The molecule has 3 aromatic rings. The number of ether oxygens (including phenoxy) is 2. The molecule has 4 unspecified atom stereocenters. The number of aryl methyl sites for hydroxylation is 1. The number of urea groups is 1. The summed E-state index contributed by atoms with van der Waals surface area (Å²) >= 11 is 0. The van der Waals surface area contributed by atoms with E-state index in [2.05, 4.69) is 15.5 Å². The van der Waals surface area contributed by atoms with Crippen LogP contribution in [0.1, 0.15) is 24.3 Å². The molecule has 2 aliphatic heterocycles. The first kappa shape index (κ1) is 25.1. The molecule has 1 aromatic heterocycles. The van der Waals surface area contributed by atoms with Crippen LogP contribution in [-0.2, 0) is 25.6 Å². The Hall–Kier alpha value is -4.16. The van der Waals surface area contributed by atoms with Gasteiger partial charge in [0.1, 0.15) is 25.7 Å². The number of nitrogens with zero attached hydrogens (tertiary/aromatic N) is 4. The van der Waals surface area contributed by atoms with Crippen LogP contribution in [0.3, 0.4) is 0 Å². The van der Waals surface area contributed by atoms with E-state index in [1.807, 2.05) is 30.3 Å². The van der Waals surface area contributed by atoms with Gasteiger partial charge in [0.2, 0.25) is 23.5 Å². The smallest absolute Gasteiger partial charge is 0.327 e. The molecule has 3 fully saturated rings. The molecule has 3 heterocycles. The number of aromatic nitrogens is 2. The number of hydrogen-bond donors (Lipinski definition) is 1. The van der Waals surface area contributed by atoms with E-state index >= 15 is 0 Å². The molecule has 4 atom stereocenters. The zero-order chi connectivity index (χ0) is 27.1. The minimum Gasteiger partial charge on any atom is -0.349 e. The SMILES string of the molecule is Cc1ccc(NC(=O)CN2C(=O)N(Cc3nc(-c4ccccc4)no3)C(=O)C3CC4OCOC4CC32)cc1F. The lowest BCUT2D eigenvalue weighted by molar-refractivity contribution is -0.145. The first-order valence-electron chi connectivity index (χ1n) is 12.7. The number of amides is 4. The third-order valence-electron chi connectivity index (χ3n) is 7.43. The topological polar surface area (TPSA) is 127 Å². The summed E-state index contributed by atoms with van der Waals surface area (Å²) in [5.41, 5.74) is 1.45. The van der Waals surface area contributed by atoms with Gasteiger partial charge in [-0.3, -0.25) is 14.5 Å². The van der Waals surface area contributed by atoms with Gasteiger partial charge in [0, 0.05) is 17.3 Å². The van der Waals surface area contributed by atoms with Gasteiger partial charge in [0.25, 0.3) is 0 Å². The molecule has 2 aromatic carbocycles. The summed E-state index contributed by atoms with van der Waals surface area (Å²) < 4.78 is 30.7. The second kappa shape index (κ2) is 10.2. The summed E-state index contributed by atoms with van der Waals surface area (Å²) in [6.07, 6.45) is 0.147. The van der Waals surface area contributed by atoms with Crippen LogP contribution >= 0.6 is 0 Å². The second-order valence-electron chi connectivity index (χ2n) is 9.90. The highest BCUT2D eigenvalue weighted by molar-refractivity contribution is 6.01. The van der Waals surface area contributed by atoms with Crippen molar-refractivity contribution >= 4 is 23.5 Å². The van der Waals surface area contributed by atoms with E-state index < -0.39 is 35.6 Å². The zero-order valence-electron chi connectivity index (χ0n) is 21.1. The Kier molecular flexibility index (Phi) is 6.57. The standard InChI is InChI=1S/C27H26FN5O6/c1-15-7-8-17(9-19(15)28)29-23(34)12-32-20-11-22-21(37-14-38-22)10-18(20)26(35)33(27(32)36)13-24-30-25(31-39-24)16-5-3-2-4-6-16/h2-9,18,20-22H,10-14H2,1H3,(H,29,34). The molecule has 202 valence electrons. The number of halogens is 1. The van der Waals surface area contributed by atoms with Gasteiger partial charge in [-0.25, -0.2) is 9.18 Å². The summed E-state index contributed by atoms with van der Waals surface area (Å²) in [6, 6.07) is 12.3. The molecule has 1 aliphatic carbocycles. The first-order valence-corrected chi connectivity index (χ1v) is 12.7. The highest BCUT2D eigenvalue weighted by atomic mass is 19.1. The van der Waals surface area contributed by atoms with Gasteiger partial charge < -0.3 is 24.2 Å². The Morgan fingerprint density at radius 1 is 1.10 bits per heavy atom. The maximum atomic E-state index is 14.0. The molecule has 4 amide bonds. The molecule has 0 radical (unpaired) electrons. The highest BCUT2D eigenvalue weighted by Gasteiger charge is 2.53. The van der Waals surface area contributed by atoms with E-state index in [0.29, 0.717) is 24.2 Å². The van der Waals surface area contributed by atoms with Crippen LogP contribution in [0, 0.1) is 18.7 Å². The fourth-order valence-electron chi connectivity index (χ4n) is 5.39. The van der Waals surface area contributed by atoms with Crippen LogP contribution in [0.2, 0.25) is 0 Å². The monoisotopic (exact) mass is 535 g/mol. The molecule has 1 saturated carbocycles. The number of imide groups is 1. The minimum atomic E-state index is -0.650. The van der Waals surface area contributed by atoms with Crippen LogP contribution in [0.4, 0.5) is 14.9 Å². The Bertz CT molecular complexity index is 1410. The van der Waals surface area contributed by atoms with Crippen molar-refractivity contribution in [1.29, 1.82) is 0 Å². The van der Waals surface area contributed by atoms with Gasteiger partial charge in [-0.1, -0.05) is 41.6 Å². The van der Waals surface area contributed by atoms with Crippen molar-refractivity contribution in [3.8, 4) is 11.4 Å². The van der Waals surface area contributed by atoms with Crippen molar-refractivity contribution in [2.45, 2.75) is 44.6 Å². The van der Waals surface area contributed by atoms with Crippen molar-refractivity contribution < 1.29 is 32.8 Å². The van der Waals surface area contributed by atoms with E-state index in [1.54, 1.807) is 19.1 Å². The maximum Gasteiger partial charge on any atom is 0.327 e.